The summed E-state index contributed by atoms with van der Waals surface area (Å²) in [5.74, 6) is 0.863. The van der Waals surface area contributed by atoms with E-state index in [1.54, 1.807) is 0 Å². The molecule has 0 aliphatic heterocycles. The van der Waals surface area contributed by atoms with Gasteiger partial charge in [0.2, 0.25) is 0 Å². The Bertz CT molecular complexity index is 137. The van der Waals surface area contributed by atoms with Gasteiger partial charge in [0.15, 0.2) is 0 Å². The van der Waals surface area contributed by atoms with Gasteiger partial charge in [0.25, 0.3) is 0 Å². The molecule has 0 aromatic rings. The summed E-state index contributed by atoms with van der Waals surface area (Å²) < 4.78 is 10.8. The molecular formula is C11H23NO2. The fraction of sp³-hybridized carbons (Fsp3) is 1.00. The van der Waals surface area contributed by atoms with Crippen LogP contribution >= 0.6 is 0 Å². The van der Waals surface area contributed by atoms with Crippen LogP contribution in [0, 0.1) is 5.92 Å². The van der Waals surface area contributed by atoms with Crippen molar-refractivity contribution in [3.05, 3.63) is 0 Å². The average molecular weight is 201 g/mol. The molecule has 1 atom stereocenters. The van der Waals surface area contributed by atoms with Crippen LogP contribution in [0.2, 0.25) is 0 Å². The second-order valence-corrected chi connectivity index (χ2v) is 3.77. The molecule has 3 heteroatoms. The van der Waals surface area contributed by atoms with Gasteiger partial charge in [-0.1, -0.05) is 6.92 Å². The van der Waals surface area contributed by atoms with Gasteiger partial charge in [-0.15, -0.1) is 0 Å². The molecule has 0 heterocycles. The Hall–Kier alpha value is -0.120. The molecule has 1 unspecified atom stereocenters. The van der Waals surface area contributed by atoms with Crippen LogP contribution in [-0.4, -0.2) is 39.0 Å². The van der Waals surface area contributed by atoms with Crippen molar-refractivity contribution >= 4 is 0 Å². The van der Waals surface area contributed by atoms with E-state index in [2.05, 4.69) is 12.2 Å². The number of hydrogen-bond donors (Lipinski definition) is 1. The van der Waals surface area contributed by atoms with Crippen molar-refractivity contribution in [3.63, 3.8) is 0 Å². The summed E-state index contributed by atoms with van der Waals surface area (Å²) in [7, 11) is 0. The second-order valence-electron chi connectivity index (χ2n) is 3.77. The Balaban J connectivity index is 1.96. The molecule has 0 aromatic carbocycles. The molecule has 0 bridgehead atoms. The minimum absolute atomic E-state index is 0.571. The zero-order chi connectivity index (χ0) is 10.2. The summed E-state index contributed by atoms with van der Waals surface area (Å²) >= 11 is 0. The van der Waals surface area contributed by atoms with E-state index < -0.39 is 0 Å². The summed E-state index contributed by atoms with van der Waals surface area (Å²) in [6.45, 7) is 8.26. The van der Waals surface area contributed by atoms with Crippen LogP contribution in [0.4, 0.5) is 0 Å². The zero-order valence-corrected chi connectivity index (χ0v) is 9.42. The van der Waals surface area contributed by atoms with Gasteiger partial charge >= 0.3 is 0 Å². The lowest BCUT2D eigenvalue weighted by molar-refractivity contribution is 0.0412. The fourth-order valence-electron chi connectivity index (χ4n) is 1.59. The molecule has 0 aromatic heterocycles. The second kappa shape index (κ2) is 7.21. The summed E-state index contributed by atoms with van der Waals surface area (Å²) in [4.78, 5) is 0. The largest absolute Gasteiger partial charge is 0.379 e. The molecule has 84 valence electrons. The fourth-order valence-corrected chi connectivity index (χ4v) is 1.59. The third-order valence-corrected chi connectivity index (χ3v) is 2.53. The molecule has 1 rings (SSSR count). The maximum Gasteiger partial charge on any atom is 0.0701 e. The van der Waals surface area contributed by atoms with Gasteiger partial charge < -0.3 is 14.8 Å². The van der Waals surface area contributed by atoms with Gasteiger partial charge in [-0.2, -0.15) is 0 Å². The van der Waals surface area contributed by atoms with Crippen molar-refractivity contribution < 1.29 is 9.47 Å². The highest BCUT2D eigenvalue weighted by atomic mass is 16.5. The number of likely N-dealkylation sites (N-methyl/N-ethyl adjacent to an activating group) is 1. The normalized spacial score (nSPS) is 18.4. The summed E-state index contributed by atoms with van der Waals surface area (Å²) in [5, 5.41) is 3.47. The lowest BCUT2D eigenvalue weighted by atomic mass is 10.2. The highest BCUT2D eigenvalue weighted by Gasteiger charge is 2.30. The SMILES string of the molecule is CCNC(COCCOCC)C1CC1. The first-order chi connectivity index (χ1) is 6.88. The molecule has 1 aliphatic carbocycles. The van der Waals surface area contributed by atoms with Crippen LogP contribution in [0.15, 0.2) is 0 Å². The molecule has 0 amide bonds. The number of hydrogen-bond acceptors (Lipinski definition) is 3. The Morgan fingerprint density at radius 1 is 1.21 bits per heavy atom. The predicted octanol–water partition coefficient (Wildman–Crippen LogP) is 1.43. The van der Waals surface area contributed by atoms with Crippen molar-refractivity contribution in [1.29, 1.82) is 0 Å². The standard InChI is InChI=1S/C11H23NO2/c1-3-12-11(10-5-6-10)9-14-8-7-13-4-2/h10-12H,3-9H2,1-2H3. The summed E-state index contributed by atoms with van der Waals surface area (Å²) in [6, 6.07) is 0.571. The third-order valence-electron chi connectivity index (χ3n) is 2.53. The molecule has 1 aliphatic rings. The van der Waals surface area contributed by atoms with Crippen LogP contribution in [0.5, 0.6) is 0 Å². The Labute approximate surface area is 87.2 Å². The third kappa shape index (κ3) is 4.94. The van der Waals surface area contributed by atoms with Crippen molar-refractivity contribution in [2.45, 2.75) is 32.7 Å². The minimum atomic E-state index is 0.571. The van der Waals surface area contributed by atoms with E-state index >= 15 is 0 Å². The van der Waals surface area contributed by atoms with Crippen molar-refractivity contribution in [2.24, 2.45) is 5.92 Å². The van der Waals surface area contributed by atoms with Crippen molar-refractivity contribution in [2.75, 3.05) is 33.0 Å². The molecule has 0 saturated heterocycles. The molecule has 0 radical (unpaired) electrons. The highest BCUT2D eigenvalue weighted by molar-refractivity contribution is 4.85. The summed E-state index contributed by atoms with van der Waals surface area (Å²) in [5.41, 5.74) is 0. The first-order valence-corrected chi connectivity index (χ1v) is 5.77. The molecule has 3 nitrogen and oxygen atoms in total. The Morgan fingerprint density at radius 2 is 1.93 bits per heavy atom. The predicted molar refractivity (Wildman–Crippen MR) is 57.5 cm³/mol. The number of nitrogens with one attached hydrogen (secondary N) is 1. The highest BCUT2D eigenvalue weighted by Crippen LogP contribution is 2.32. The number of rotatable bonds is 9. The molecular weight excluding hydrogens is 178 g/mol. The van der Waals surface area contributed by atoms with Gasteiger partial charge in [0.05, 0.1) is 19.8 Å². The Morgan fingerprint density at radius 3 is 2.50 bits per heavy atom. The van der Waals surface area contributed by atoms with Gasteiger partial charge in [0.1, 0.15) is 0 Å². The average Bonchev–Trinajstić information content (AvgIpc) is 2.99. The van der Waals surface area contributed by atoms with Crippen LogP contribution < -0.4 is 5.32 Å². The summed E-state index contributed by atoms with van der Waals surface area (Å²) in [6.07, 6.45) is 2.74. The quantitative estimate of drug-likeness (QED) is 0.572. The van der Waals surface area contributed by atoms with Gasteiger partial charge in [-0.05, 0) is 32.2 Å². The van der Waals surface area contributed by atoms with E-state index in [-0.39, 0.29) is 0 Å². The zero-order valence-electron chi connectivity index (χ0n) is 9.42. The molecule has 1 N–H and O–H groups in total. The molecule has 14 heavy (non-hydrogen) atoms. The lowest BCUT2D eigenvalue weighted by Gasteiger charge is -2.17. The van der Waals surface area contributed by atoms with E-state index in [9.17, 15) is 0 Å². The maximum atomic E-state index is 5.56. The maximum absolute atomic E-state index is 5.56. The number of ether oxygens (including phenoxy) is 2. The van der Waals surface area contributed by atoms with Crippen LogP contribution in [0.3, 0.4) is 0 Å². The van der Waals surface area contributed by atoms with Crippen LogP contribution in [-0.2, 0) is 9.47 Å². The monoisotopic (exact) mass is 201 g/mol. The van der Waals surface area contributed by atoms with E-state index in [4.69, 9.17) is 9.47 Å². The van der Waals surface area contributed by atoms with E-state index in [1.807, 2.05) is 6.92 Å². The molecule has 0 spiro atoms. The van der Waals surface area contributed by atoms with Crippen molar-refractivity contribution in [3.8, 4) is 0 Å². The van der Waals surface area contributed by atoms with Crippen molar-refractivity contribution in [1.82, 2.24) is 5.32 Å². The van der Waals surface area contributed by atoms with E-state index in [0.717, 1.165) is 38.9 Å². The molecule has 1 fully saturated rings. The van der Waals surface area contributed by atoms with E-state index in [1.165, 1.54) is 12.8 Å². The first-order valence-electron chi connectivity index (χ1n) is 5.77. The van der Waals surface area contributed by atoms with Crippen LogP contribution in [0.1, 0.15) is 26.7 Å². The first kappa shape index (κ1) is 12.0. The van der Waals surface area contributed by atoms with E-state index in [0.29, 0.717) is 6.04 Å². The Kier molecular flexibility index (Phi) is 6.15. The minimum Gasteiger partial charge on any atom is -0.379 e. The smallest absolute Gasteiger partial charge is 0.0701 e. The van der Waals surface area contributed by atoms with Crippen LogP contribution in [0.25, 0.3) is 0 Å². The van der Waals surface area contributed by atoms with Gasteiger partial charge in [-0.25, -0.2) is 0 Å². The topological polar surface area (TPSA) is 30.5 Å². The van der Waals surface area contributed by atoms with Gasteiger partial charge in [0, 0.05) is 12.6 Å². The molecule has 1 saturated carbocycles. The van der Waals surface area contributed by atoms with Gasteiger partial charge in [-0.3, -0.25) is 0 Å². The lowest BCUT2D eigenvalue weighted by Crippen LogP contribution is -2.35.